The van der Waals surface area contributed by atoms with E-state index in [2.05, 4.69) is 47.4 Å². The van der Waals surface area contributed by atoms with Crippen LogP contribution in [0.25, 0.3) is 10.9 Å². The van der Waals surface area contributed by atoms with Gasteiger partial charge in [-0.2, -0.15) is 0 Å². The Kier molecular flexibility index (Phi) is 2.77. The summed E-state index contributed by atoms with van der Waals surface area (Å²) in [6, 6.07) is 8.39. The number of aryl methyl sites for hydroxylation is 1. The molecule has 3 nitrogen and oxygen atoms in total. The smallest absolute Gasteiger partial charge is 0.145 e. The highest BCUT2D eigenvalue weighted by Crippen LogP contribution is 2.29. The predicted octanol–water partition coefficient (Wildman–Crippen LogP) is 2.31. The normalized spacial score (nSPS) is 17.5. The topological polar surface area (TPSA) is 26.2 Å². The lowest BCUT2D eigenvalue weighted by molar-refractivity contribution is 0.164. The number of nitrogens with one attached hydrogen (secondary N) is 1. The van der Waals surface area contributed by atoms with Gasteiger partial charge in [0.25, 0.3) is 0 Å². The highest BCUT2D eigenvalue weighted by Gasteiger charge is 2.16. The molecule has 2 aromatic rings. The number of nitrogens with zero attached hydrogens (tertiary/aromatic N) is 1. The molecule has 0 atom stereocenters. The molecular formula is C14H18N2O. The van der Waals surface area contributed by atoms with Crippen LogP contribution < -0.4 is 10.1 Å². The van der Waals surface area contributed by atoms with Gasteiger partial charge in [0.1, 0.15) is 11.9 Å². The molecule has 2 heterocycles. The molecule has 0 bridgehead atoms. The van der Waals surface area contributed by atoms with Crippen molar-refractivity contribution in [2.75, 3.05) is 13.1 Å². The van der Waals surface area contributed by atoms with E-state index in [4.69, 9.17) is 4.74 Å². The van der Waals surface area contributed by atoms with Crippen molar-refractivity contribution in [1.29, 1.82) is 0 Å². The van der Waals surface area contributed by atoms with E-state index in [1.165, 1.54) is 10.9 Å². The average Bonchev–Trinajstić information content (AvgIpc) is 2.69. The molecule has 3 heteroatoms. The Balaban J connectivity index is 1.89. The number of hydrogen-bond acceptors (Lipinski definition) is 2. The van der Waals surface area contributed by atoms with Gasteiger partial charge < -0.3 is 14.6 Å². The summed E-state index contributed by atoms with van der Waals surface area (Å²) < 4.78 is 8.26. The van der Waals surface area contributed by atoms with E-state index >= 15 is 0 Å². The molecule has 0 saturated carbocycles. The van der Waals surface area contributed by atoms with E-state index in [0.717, 1.165) is 31.7 Å². The summed E-state index contributed by atoms with van der Waals surface area (Å²) in [7, 11) is 2.07. The molecule has 1 aliphatic rings. The first-order chi connectivity index (χ1) is 8.34. The van der Waals surface area contributed by atoms with Crippen LogP contribution in [0.15, 0.2) is 30.5 Å². The minimum atomic E-state index is 0.363. The minimum Gasteiger partial charge on any atom is -0.488 e. The summed E-state index contributed by atoms with van der Waals surface area (Å²) in [6.07, 6.45) is 4.65. The third kappa shape index (κ3) is 2.03. The largest absolute Gasteiger partial charge is 0.488 e. The van der Waals surface area contributed by atoms with Gasteiger partial charge in [0.2, 0.25) is 0 Å². The van der Waals surface area contributed by atoms with Crippen LogP contribution in [0.1, 0.15) is 12.8 Å². The number of hydrogen-bond donors (Lipinski definition) is 1. The maximum Gasteiger partial charge on any atom is 0.145 e. The van der Waals surface area contributed by atoms with E-state index in [0.29, 0.717) is 6.10 Å². The van der Waals surface area contributed by atoms with Crippen molar-refractivity contribution in [2.45, 2.75) is 18.9 Å². The van der Waals surface area contributed by atoms with Crippen LogP contribution in [0, 0.1) is 0 Å². The first-order valence-electron chi connectivity index (χ1n) is 6.26. The Labute approximate surface area is 101 Å². The summed E-state index contributed by atoms with van der Waals surface area (Å²) in [5, 5.41) is 4.57. The molecule has 17 heavy (non-hydrogen) atoms. The Hall–Kier alpha value is -1.48. The maximum absolute atomic E-state index is 6.13. The van der Waals surface area contributed by atoms with Gasteiger partial charge in [-0.25, -0.2) is 0 Å². The number of rotatable bonds is 2. The van der Waals surface area contributed by atoms with Crippen LogP contribution in [0.4, 0.5) is 0 Å². The fraction of sp³-hybridized carbons (Fsp3) is 0.429. The standard InChI is InChI=1S/C14H18N2O/c1-16-10-14(12-4-2-3-5-13(12)16)17-11-6-8-15-9-7-11/h2-5,10-11,15H,6-9H2,1H3. The van der Waals surface area contributed by atoms with Crippen molar-refractivity contribution in [3.05, 3.63) is 30.5 Å². The SMILES string of the molecule is Cn1cc(OC2CCNCC2)c2ccccc21. The number of aromatic nitrogens is 1. The molecule has 0 aliphatic carbocycles. The van der Waals surface area contributed by atoms with Crippen LogP contribution in [0.3, 0.4) is 0 Å². The number of piperidine rings is 1. The van der Waals surface area contributed by atoms with Crippen molar-refractivity contribution in [3.63, 3.8) is 0 Å². The van der Waals surface area contributed by atoms with E-state index in [-0.39, 0.29) is 0 Å². The summed E-state index contributed by atoms with van der Waals surface area (Å²) in [5.41, 5.74) is 1.23. The van der Waals surface area contributed by atoms with Gasteiger partial charge in [-0.15, -0.1) is 0 Å². The molecule has 1 fully saturated rings. The molecule has 1 aromatic carbocycles. The van der Waals surface area contributed by atoms with Gasteiger partial charge in [-0.1, -0.05) is 12.1 Å². The first-order valence-corrected chi connectivity index (χ1v) is 6.26. The molecular weight excluding hydrogens is 212 g/mol. The molecule has 90 valence electrons. The lowest BCUT2D eigenvalue weighted by Gasteiger charge is -2.23. The molecule has 0 spiro atoms. The molecule has 1 N–H and O–H groups in total. The second-order valence-electron chi connectivity index (χ2n) is 4.69. The number of benzene rings is 1. The third-order valence-corrected chi connectivity index (χ3v) is 3.44. The van der Waals surface area contributed by atoms with Crippen LogP contribution in [-0.2, 0) is 7.05 Å². The molecule has 1 saturated heterocycles. The fourth-order valence-corrected chi connectivity index (χ4v) is 2.49. The summed E-state index contributed by atoms with van der Waals surface area (Å²) >= 11 is 0. The lowest BCUT2D eigenvalue weighted by Crippen LogP contribution is -2.34. The molecule has 0 unspecified atom stereocenters. The van der Waals surface area contributed by atoms with Crippen molar-refractivity contribution < 1.29 is 4.74 Å². The zero-order valence-corrected chi connectivity index (χ0v) is 10.1. The predicted molar refractivity (Wildman–Crippen MR) is 69.4 cm³/mol. The molecule has 0 radical (unpaired) electrons. The van der Waals surface area contributed by atoms with Crippen LogP contribution in [0.5, 0.6) is 5.75 Å². The van der Waals surface area contributed by atoms with E-state index in [9.17, 15) is 0 Å². The molecule has 3 rings (SSSR count). The third-order valence-electron chi connectivity index (χ3n) is 3.44. The Morgan fingerprint density at radius 3 is 2.82 bits per heavy atom. The number of ether oxygens (including phenoxy) is 1. The summed E-state index contributed by atoms with van der Waals surface area (Å²) in [5.74, 6) is 1.02. The van der Waals surface area contributed by atoms with Crippen molar-refractivity contribution in [3.8, 4) is 5.75 Å². The highest BCUT2D eigenvalue weighted by atomic mass is 16.5. The van der Waals surface area contributed by atoms with E-state index in [1.54, 1.807) is 0 Å². The van der Waals surface area contributed by atoms with Gasteiger partial charge in [-0.3, -0.25) is 0 Å². The van der Waals surface area contributed by atoms with Crippen LogP contribution >= 0.6 is 0 Å². The van der Waals surface area contributed by atoms with E-state index in [1.807, 2.05) is 0 Å². The number of para-hydroxylation sites is 1. The van der Waals surface area contributed by atoms with E-state index < -0.39 is 0 Å². The summed E-state index contributed by atoms with van der Waals surface area (Å²) in [4.78, 5) is 0. The average molecular weight is 230 g/mol. The van der Waals surface area contributed by atoms with Gasteiger partial charge >= 0.3 is 0 Å². The second kappa shape index (κ2) is 4.41. The van der Waals surface area contributed by atoms with Gasteiger partial charge in [0.15, 0.2) is 0 Å². The Morgan fingerprint density at radius 1 is 1.24 bits per heavy atom. The Morgan fingerprint density at radius 2 is 2.00 bits per heavy atom. The molecule has 1 aliphatic heterocycles. The molecule has 0 amide bonds. The van der Waals surface area contributed by atoms with Gasteiger partial charge in [0, 0.05) is 18.6 Å². The summed E-state index contributed by atoms with van der Waals surface area (Å²) in [6.45, 7) is 2.13. The van der Waals surface area contributed by atoms with Gasteiger partial charge in [0.05, 0.1) is 5.52 Å². The highest BCUT2D eigenvalue weighted by molar-refractivity contribution is 5.86. The quantitative estimate of drug-likeness (QED) is 0.856. The second-order valence-corrected chi connectivity index (χ2v) is 4.69. The first kappa shape index (κ1) is 10.7. The lowest BCUT2D eigenvalue weighted by atomic mass is 10.1. The zero-order valence-electron chi connectivity index (χ0n) is 10.1. The zero-order chi connectivity index (χ0) is 11.7. The number of fused-ring (bicyclic) bond motifs is 1. The maximum atomic E-state index is 6.13. The van der Waals surface area contributed by atoms with Crippen molar-refractivity contribution in [1.82, 2.24) is 9.88 Å². The van der Waals surface area contributed by atoms with Crippen molar-refractivity contribution in [2.24, 2.45) is 7.05 Å². The fourth-order valence-electron chi connectivity index (χ4n) is 2.49. The van der Waals surface area contributed by atoms with Crippen LogP contribution in [0.2, 0.25) is 0 Å². The Bertz CT molecular complexity index is 512. The minimum absolute atomic E-state index is 0.363. The molecule has 1 aromatic heterocycles. The van der Waals surface area contributed by atoms with Crippen LogP contribution in [-0.4, -0.2) is 23.8 Å². The monoisotopic (exact) mass is 230 g/mol. The van der Waals surface area contributed by atoms with Gasteiger partial charge in [-0.05, 0) is 38.1 Å². The van der Waals surface area contributed by atoms with Crippen molar-refractivity contribution >= 4 is 10.9 Å².